The van der Waals surface area contributed by atoms with Crippen molar-refractivity contribution in [3.8, 4) is 17.2 Å². The van der Waals surface area contributed by atoms with Gasteiger partial charge in [0.05, 0.1) is 26.3 Å². The van der Waals surface area contributed by atoms with E-state index in [9.17, 15) is 9.59 Å². The molecule has 0 N–H and O–H groups in total. The number of likely N-dealkylation sites (N-methyl/N-ethyl adjacent to an activating group) is 1. The maximum Gasteiger partial charge on any atom is 0.337 e. The number of amides is 1. The molecule has 7 nitrogen and oxygen atoms in total. The minimum absolute atomic E-state index is 0.164. The van der Waals surface area contributed by atoms with Gasteiger partial charge in [-0.3, -0.25) is 4.79 Å². The van der Waals surface area contributed by atoms with Crippen molar-refractivity contribution >= 4 is 27.8 Å². The van der Waals surface area contributed by atoms with Crippen molar-refractivity contribution in [2.75, 3.05) is 41.0 Å². The van der Waals surface area contributed by atoms with E-state index in [-0.39, 0.29) is 12.5 Å². The number of carbonyl (C=O) groups is 2. The molecule has 0 saturated heterocycles. The van der Waals surface area contributed by atoms with Crippen molar-refractivity contribution in [2.24, 2.45) is 0 Å². The summed E-state index contributed by atoms with van der Waals surface area (Å²) in [7, 11) is 4.43. The Morgan fingerprint density at radius 1 is 1.00 bits per heavy atom. The molecule has 0 fully saturated rings. The fourth-order valence-electron chi connectivity index (χ4n) is 2.24. The minimum Gasteiger partial charge on any atom is -0.493 e. The second kappa shape index (κ2) is 10.6. The predicted octanol–water partition coefficient (Wildman–Crippen LogP) is 3.16. The first-order valence-electron chi connectivity index (χ1n) is 8.46. The Hall–Kier alpha value is -2.74. The van der Waals surface area contributed by atoms with Gasteiger partial charge in [0.15, 0.2) is 18.1 Å². The van der Waals surface area contributed by atoms with Crippen LogP contribution >= 0.6 is 15.9 Å². The zero-order valence-electron chi connectivity index (χ0n) is 15.9. The van der Waals surface area contributed by atoms with Gasteiger partial charge in [-0.15, -0.1) is 0 Å². The highest BCUT2D eigenvalue weighted by atomic mass is 79.9. The van der Waals surface area contributed by atoms with E-state index in [2.05, 4.69) is 20.7 Å². The van der Waals surface area contributed by atoms with Gasteiger partial charge < -0.3 is 23.8 Å². The standard InChI is InChI=1S/C20H22BrNO6/c1-22(10-11-27-16-7-5-15(21)6-8-16)19(23)13-28-17-9-4-14(20(24)26-3)12-18(17)25-2/h4-9,12H,10-11,13H2,1-3H3. The Kier molecular flexibility index (Phi) is 8.13. The summed E-state index contributed by atoms with van der Waals surface area (Å²) in [5.41, 5.74) is 0.334. The van der Waals surface area contributed by atoms with Crippen molar-refractivity contribution in [2.45, 2.75) is 0 Å². The number of rotatable bonds is 9. The quantitative estimate of drug-likeness (QED) is 0.545. The number of esters is 1. The minimum atomic E-state index is -0.480. The third kappa shape index (κ3) is 6.16. The van der Waals surface area contributed by atoms with Crippen molar-refractivity contribution in [1.29, 1.82) is 0 Å². The molecule has 28 heavy (non-hydrogen) atoms. The van der Waals surface area contributed by atoms with Crippen LogP contribution in [0.1, 0.15) is 10.4 Å². The molecule has 0 spiro atoms. The van der Waals surface area contributed by atoms with Crippen LogP contribution in [-0.2, 0) is 9.53 Å². The molecule has 0 aromatic heterocycles. The van der Waals surface area contributed by atoms with Gasteiger partial charge in [-0.2, -0.15) is 0 Å². The number of carbonyl (C=O) groups excluding carboxylic acids is 2. The highest BCUT2D eigenvalue weighted by Gasteiger charge is 2.14. The molecule has 0 heterocycles. The largest absolute Gasteiger partial charge is 0.493 e. The molecule has 0 aliphatic carbocycles. The van der Waals surface area contributed by atoms with Crippen molar-refractivity contribution in [1.82, 2.24) is 4.90 Å². The summed E-state index contributed by atoms with van der Waals surface area (Å²) in [4.78, 5) is 25.3. The van der Waals surface area contributed by atoms with Gasteiger partial charge in [-0.05, 0) is 42.5 Å². The van der Waals surface area contributed by atoms with E-state index in [1.165, 1.54) is 25.2 Å². The predicted molar refractivity (Wildman–Crippen MR) is 107 cm³/mol. The maximum absolute atomic E-state index is 12.2. The van der Waals surface area contributed by atoms with Crippen LogP contribution in [0, 0.1) is 0 Å². The van der Waals surface area contributed by atoms with E-state index in [1.807, 2.05) is 24.3 Å². The Labute approximate surface area is 172 Å². The first kappa shape index (κ1) is 21.6. The average Bonchev–Trinajstić information content (AvgIpc) is 2.72. The molecule has 0 unspecified atom stereocenters. The second-order valence-corrected chi connectivity index (χ2v) is 6.68. The van der Waals surface area contributed by atoms with Gasteiger partial charge in [-0.1, -0.05) is 15.9 Å². The lowest BCUT2D eigenvalue weighted by Gasteiger charge is -2.18. The Morgan fingerprint density at radius 2 is 1.71 bits per heavy atom. The van der Waals surface area contributed by atoms with Gasteiger partial charge in [0.1, 0.15) is 12.4 Å². The number of ether oxygens (including phenoxy) is 4. The molecule has 2 rings (SSSR count). The number of hydrogen-bond donors (Lipinski definition) is 0. The average molecular weight is 452 g/mol. The van der Waals surface area contributed by atoms with Gasteiger partial charge in [-0.25, -0.2) is 4.79 Å². The van der Waals surface area contributed by atoms with Gasteiger partial charge in [0.2, 0.25) is 0 Å². The molecule has 0 bridgehead atoms. The molecular weight excluding hydrogens is 430 g/mol. The molecule has 0 saturated carbocycles. The topological polar surface area (TPSA) is 74.3 Å². The number of benzene rings is 2. The van der Waals surface area contributed by atoms with Crippen LogP contribution in [-0.4, -0.2) is 57.8 Å². The maximum atomic E-state index is 12.2. The summed E-state index contributed by atoms with van der Waals surface area (Å²) in [5, 5.41) is 0. The number of nitrogens with zero attached hydrogens (tertiary/aromatic N) is 1. The highest BCUT2D eigenvalue weighted by Crippen LogP contribution is 2.28. The summed E-state index contributed by atoms with van der Waals surface area (Å²) in [6.45, 7) is 0.612. The van der Waals surface area contributed by atoms with Gasteiger partial charge in [0, 0.05) is 11.5 Å². The Morgan fingerprint density at radius 3 is 2.36 bits per heavy atom. The molecule has 0 radical (unpaired) electrons. The fourth-order valence-corrected chi connectivity index (χ4v) is 2.50. The zero-order valence-corrected chi connectivity index (χ0v) is 17.5. The molecule has 150 valence electrons. The molecule has 0 aliphatic heterocycles. The number of hydrogen-bond acceptors (Lipinski definition) is 6. The first-order chi connectivity index (χ1) is 13.4. The second-order valence-electron chi connectivity index (χ2n) is 5.76. The Bertz CT molecular complexity index is 809. The van der Waals surface area contributed by atoms with Crippen LogP contribution < -0.4 is 14.2 Å². The summed E-state index contributed by atoms with van der Waals surface area (Å²) < 4.78 is 22.0. The lowest BCUT2D eigenvalue weighted by Crippen LogP contribution is -2.34. The van der Waals surface area contributed by atoms with Crippen LogP contribution in [0.5, 0.6) is 17.2 Å². The number of methoxy groups -OCH3 is 2. The van der Waals surface area contributed by atoms with Crippen molar-refractivity contribution in [3.63, 3.8) is 0 Å². The smallest absolute Gasteiger partial charge is 0.337 e. The first-order valence-corrected chi connectivity index (χ1v) is 9.25. The third-order valence-corrected chi connectivity index (χ3v) is 4.40. The lowest BCUT2D eigenvalue weighted by atomic mass is 10.2. The van der Waals surface area contributed by atoms with Crippen molar-refractivity contribution in [3.05, 3.63) is 52.5 Å². The van der Waals surface area contributed by atoms with Crippen LogP contribution in [0.4, 0.5) is 0 Å². The highest BCUT2D eigenvalue weighted by molar-refractivity contribution is 9.10. The summed E-state index contributed by atoms with van der Waals surface area (Å²) in [6, 6.07) is 12.1. The SMILES string of the molecule is COC(=O)c1ccc(OCC(=O)N(C)CCOc2ccc(Br)cc2)c(OC)c1. The van der Waals surface area contributed by atoms with E-state index < -0.39 is 5.97 Å². The summed E-state index contributed by atoms with van der Waals surface area (Å²) in [6.07, 6.45) is 0. The van der Waals surface area contributed by atoms with Crippen LogP contribution in [0.3, 0.4) is 0 Å². The molecule has 0 aliphatic rings. The molecular formula is C20H22BrNO6. The van der Waals surface area contributed by atoms with E-state index in [0.29, 0.717) is 30.2 Å². The lowest BCUT2D eigenvalue weighted by molar-refractivity contribution is -0.132. The van der Waals surface area contributed by atoms with Crippen LogP contribution in [0.15, 0.2) is 46.9 Å². The summed E-state index contributed by atoms with van der Waals surface area (Å²) >= 11 is 3.36. The van der Waals surface area contributed by atoms with Gasteiger partial charge in [0.25, 0.3) is 5.91 Å². The molecule has 1 amide bonds. The number of halogens is 1. The fraction of sp³-hybridized carbons (Fsp3) is 0.300. The summed E-state index contributed by atoms with van der Waals surface area (Å²) in [5.74, 6) is 0.751. The van der Waals surface area contributed by atoms with E-state index in [1.54, 1.807) is 19.2 Å². The zero-order chi connectivity index (χ0) is 20.5. The van der Waals surface area contributed by atoms with Crippen LogP contribution in [0.2, 0.25) is 0 Å². The monoisotopic (exact) mass is 451 g/mol. The third-order valence-electron chi connectivity index (χ3n) is 3.87. The van der Waals surface area contributed by atoms with E-state index in [0.717, 1.165) is 10.2 Å². The van der Waals surface area contributed by atoms with Gasteiger partial charge >= 0.3 is 5.97 Å². The normalized spacial score (nSPS) is 10.1. The Balaban J connectivity index is 1.83. The molecule has 8 heteroatoms. The molecule has 2 aromatic rings. The molecule has 2 aromatic carbocycles. The van der Waals surface area contributed by atoms with Crippen molar-refractivity contribution < 1.29 is 28.5 Å². The van der Waals surface area contributed by atoms with Crippen LogP contribution in [0.25, 0.3) is 0 Å². The van der Waals surface area contributed by atoms with E-state index >= 15 is 0 Å². The molecule has 0 atom stereocenters. The van der Waals surface area contributed by atoms with E-state index in [4.69, 9.17) is 14.2 Å².